The molecular formula is C22H25N5O. The molecule has 2 amide bonds. The second kappa shape index (κ2) is 8.61. The molecule has 0 atom stereocenters. The molecule has 1 aliphatic heterocycles. The minimum absolute atomic E-state index is 0.0168. The maximum Gasteiger partial charge on any atom is 0.317 e. The van der Waals surface area contributed by atoms with Crippen molar-refractivity contribution in [3.8, 4) is 5.69 Å². The molecule has 0 saturated carbocycles. The van der Waals surface area contributed by atoms with E-state index in [0.717, 1.165) is 43.9 Å². The summed E-state index contributed by atoms with van der Waals surface area (Å²) in [6.45, 7) is 3.82. The minimum atomic E-state index is 0.0168. The Morgan fingerprint density at radius 3 is 2.21 bits per heavy atom. The van der Waals surface area contributed by atoms with E-state index in [1.54, 1.807) is 0 Å². The van der Waals surface area contributed by atoms with Crippen molar-refractivity contribution in [2.45, 2.75) is 6.42 Å². The summed E-state index contributed by atoms with van der Waals surface area (Å²) in [4.78, 5) is 16.7. The van der Waals surface area contributed by atoms with E-state index in [1.807, 2.05) is 70.5 Å². The Bertz CT molecular complexity index is 886. The van der Waals surface area contributed by atoms with Crippen LogP contribution in [0.5, 0.6) is 0 Å². The molecule has 1 aromatic heterocycles. The molecule has 2 heterocycles. The third kappa shape index (κ3) is 4.34. The molecule has 6 nitrogen and oxygen atoms in total. The fourth-order valence-corrected chi connectivity index (χ4v) is 3.44. The Balaban J connectivity index is 1.22. The first-order chi connectivity index (χ1) is 13.8. The molecule has 1 aliphatic rings. The third-order valence-electron chi connectivity index (χ3n) is 5.03. The smallest absolute Gasteiger partial charge is 0.317 e. The Hall–Kier alpha value is -3.28. The number of amides is 2. The van der Waals surface area contributed by atoms with E-state index in [0.29, 0.717) is 6.54 Å². The van der Waals surface area contributed by atoms with Crippen molar-refractivity contribution in [3.05, 3.63) is 78.6 Å². The summed E-state index contributed by atoms with van der Waals surface area (Å²) >= 11 is 0. The van der Waals surface area contributed by atoms with Gasteiger partial charge >= 0.3 is 6.03 Å². The number of nitrogens with zero attached hydrogens (tertiary/aromatic N) is 4. The number of benzene rings is 2. The lowest BCUT2D eigenvalue weighted by atomic mass is 10.2. The van der Waals surface area contributed by atoms with Gasteiger partial charge in [-0.3, -0.25) is 0 Å². The summed E-state index contributed by atoms with van der Waals surface area (Å²) in [5, 5.41) is 7.44. The summed E-state index contributed by atoms with van der Waals surface area (Å²) < 4.78 is 1.86. The number of aromatic nitrogens is 2. The van der Waals surface area contributed by atoms with E-state index in [2.05, 4.69) is 27.4 Å². The average molecular weight is 375 g/mol. The SMILES string of the molecule is O=C(NCCc1cnn(-c2ccccc2)c1)N1CCN(c2ccccc2)CC1. The van der Waals surface area contributed by atoms with Crippen molar-refractivity contribution in [2.75, 3.05) is 37.6 Å². The van der Waals surface area contributed by atoms with Crippen LogP contribution in [0, 0.1) is 0 Å². The van der Waals surface area contributed by atoms with Gasteiger partial charge in [-0.25, -0.2) is 9.48 Å². The molecule has 6 heteroatoms. The summed E-state index contributed by atoms with van der Waals surface area (Å²) in [6.07, 6.45) is 4.64. The molecular weight excluding hydrogens is 350 g/mol. The summed E-state index contributed by atoms with van der Waals surface area (Å²) in [5.41, 5.74) is 3.37. The van der Waals surface area contributed by atoms with E-state index in [1.165, 1.54) is 5.69 Å². The van der Waals surface area contributed by atoms with Gasteiger partial charge in [0, 0.05) is 44.6 Å². The first-order valence-corrected chi connectivity index (χ1v) is 9.71. The number of hydrogen-bond donors (Lipinski definition) is 1. The second-order valence-electron chi connectivity index (χ2n) is 6.92. The molecule has 4 rings (SSSR count). The molecule has 144 valence electrons. The number of piperazine rings is 1. The van der Waals surface area contributed by atoms with Gasteiger partial charge in [-0.2, -0.15) is 5.10 Å². The predicted octanol–water partition coefficient (Wildman–Crippen LogP) is 2.95. The third-order valence-corrected chi connectivity index (χ3v) is 5.03. The number of anilines is 1. The molecule has 0 bridgehead atoms. The van der Waals surface area contributed by atoms with Gasteiger partial charge in [0.25, 0.3) is 0 Å². The molecule has 1 N–H and O–H groups in total. The Labute approximate surface area is 165 Å². The highest BCUT2D eigenvalue weighted by molar-refractivity contribution is 5.74. The van der Waals surface area contributed by atoms with Gasteiger partial charge in [0.05, 0.1) is 11.9 Å². The van der Waals surface area contributed by atoms with E-state index < -0.39 is 0 Å². The van der Waals surface area contributed by atoms with Crippen molar-refractivity contribution in [2.24, 2.45) is 0 Å². The molecule has 28 heavy (non-hydrogen) atoms. The molecule has 0 unspecified atom stereocenters. The van der Waals surface area contributed by atoms with Crippen molar-refractivity contribution in [1.29, 1.82) is 0 Å². The van der Waals surface area contributed by atoms with Gasteiger partial charge in [-0.05, 0) is 36.2 Å². The summed E-state index contributed by atoms with van der Waals surface area (Å²) in [5.74, 6) is 0. The van der Waals surface area contributed by atoms with Crippen LogP contribution in [0.15, 0.2) is 73.1 Å². The fraction of sp³-hybridized carbons (Fsp3) is 0.273. The number of urea groups is 1. The van der Waals surface area contributed by atoms with Gasteiger partial charge in [0.2, 0.25) is 0 Å². The molecule has 1 fully saturated rings. The maximum absolute atomic E-state index is 12.4. The Kier molecular flexibility index (Phi) is 5.56. The van der Waals surface area contributed by atoms with Gasteiger partial charge in [-0.1, -0.05) is 36.4 Å². The second-order valence-corrected chi connectivity index (χ2v) is 6.92. The zero-order valence-electron chi connectivity index (χ0n) is 15.9. The lowest BCUT2D eigenvalue weighted by Gasteiger charge is -2.36. The van der Waals surface area contributed by atoms with E-state index >= 15 is 0 Å². The van der Waals surface area contributed by atoms with Crippen LogP contribution in [0.3, 0.4) is 0 Å². The van der Waals surface area contributed by atoms with Crippen LogP contribution in [-0.4, -0.2) is 53.4 Å². The average Bonchev–Trinajstić information content (AvgIpc) is 3.24. The van der Waals surface area contributed by atoms with E-state index in [4.69, 9.17) is 0 Å². The minimum Gasteiger partial charge on any atom is -0.368 e. The van der Waals surface area contributed by atoms with Gasteiger partial charge in [0.1, 0.15) is 0 Å². The number of hydrogen-bond acceptors (Lipinski definition) is 3. The van der Waals surface area contributed by atoms with Crippen molar-refractivity contribution >= 4 is 11.7 Å². The van der Waals surface area contributed by atoms with Crippen LogP contribution in [-0.2, 0) is 6.42 Å². The zero-order valence-corrected chi connectivity index (χ0v) is 15.9. The molecule has 3 aromatic rings. The summed E-state index contributed by atoms with van der Waals surface area (Å²) in [6, 6.07) is 20.4. The highest BCUT2D eigenvalue weighted by Gasteiger charge is 2.20. The molecule has 2 aromatic carbocycles. The molecule has 0 radical (unpaired) electrons. The van der Waals surface area contributed by atoms with Crippen molar-refractivity contribution < 1.29 is 4.79 Å². The van der Waals surface area contributed by atoms with Crippen LogP contribution in [0.1, 0.15) is 5.56 Å². The van der Waals surface area contributed by atoms with Gasteiger partial charge in [0.15, 0.2) is 0 Å². The van der Waals surface area contributed by atoms with Gasteiger partial charge in [-0.15, -0.1) is 0 Å². The lowest BCUT2D eigenvalue weighted by Crippen LogP contribution is -2.52. The predicted molar refractivity (Wildman–Crippen MR) is 111 cm³/mol. The lowest BCUT2D eigenvalue weighted by molar-refractivity contribution is 0.194. The highest BCUT2D eigenvalue weighted by Crippen LogP contribution is 2.15. The Morgan fingerprint density at radius 2 is 1.54 bits per heavy atom. The fourth-order valence-electron chi connectivity index (χ4n) is 3.44. The maximum atomic E-state index is 12.4. The van der Waals surface area contributed by atoms with Crippen molar-refractivity contribution in [1.82, 2.24) is 20.0 Å². The normalized spacial score (nSPS) is 14.1. The Morgan fingerprint density at radius 1 is 0.893 bits per heavy atom. The topological polar surface area (TPSA) is 53.4 Å². The van der Waals surface area contributed by atoms with Crippen LogP contribution < -0.4 is 10.2 Å². The number of carbonyl (C=O) groups excluding carboxylic acids is 1. The summed E-state index contributed by atoms with van der Waals surface area (Å²) in [7, 11) is 0. The van der Waals surface area contributed by atoms with Crippen LogP contribution in [0.25, 0.3) is 5.69 Å². The van der Waals surface area contributed by atoms with Gasteiger partial charge < -0.3 is 15.1 Å². The standard InChI is InChI=1S/C22H25N5O/c28-22(26-15-13-25(14-16-26)20-7-3-1-4-8-20)23-12-11-19-17-24-27(18-19)21-9-5-2-6-10-21/h1-10,17-18H,11-16H2,(H,23,28). The van der Waals surface area contributed by atoms with Crippen molar-refractivity contribution in [3.63, 3.8) is 0 Å². The number of carbonyl (C=O) groups is 1. The number of rotatable bonds is 5. The van der Waals surface area contributed by atoms with Crippen LogP contribution in [0.2, 0.25) is 0 Å². The number of para-hydroxylation sites is 2. The number of nitrogens with one attached hydrogen (secondary N) is 1. The van der Waals surface area contributed by atoms with E-state index in [9.17, 15) is 4.79 Å². The highest BCUT2D eigenvalue weighted by atomic mass is 16.2. The zero-order chi connectivity index (χ0) is 19.2. The largest absolute Gasteiger partial charge is 0.368 e. The monoisotopic (exact) mass is 375 g/mol. The first kappa shape index (κ1) is 18.1. The quantitative estimate of drug-likeness (QED) is 0.746. The van der Waals surface area contributed by atoms with Crippen LogP contribution in [0.4, 0.5) is 10.5 Å². The molecule has 0 spiro atoms. The van der Waals surface area contributed by atoms with Crippen LogP contribution >= 0.6 is 0 Å². The molecule has 1 saturated heterocycles. The molecule has 0 aliphatic carbocycles. The van der Waals surface area contributed by atoms with E-state index in [-0.39, 0.29) is 6.03 Å². The first-order valence-electron chi connectivity index (χ1n) is 9.71.